The minimum atomic E-state index is 1.07. The largest absolute Gasteiger partial charge is 0.228 e. The average Bonchev–Trinajstić information content (AvgIpc) is 2.04. The number of fused-ring (bicyclic) bond motifs is 1. The Balaban J connectivity index is 2.51. The summed E-state index contributed by atoms with van der Waals surface area (Å²) in [5, 5.41) is 0. The fourth-order valence-corrected chi connectivity index (χ4v) is 2.04. The van der Waals surface area contributed by atoms with Gasteiger partial charge in [0.05, 0.1) is 5.56 Å². The monoisotopic (exact) mass is 164 g/mol. The maximum Gasteiger partial charge on any atom is 0.193 e. The van der Waals surface area contributed by atoms with Gasteiger partial charge in [-0.1, -0.05) is 23.9 Å². The molecule has 0 aromatic heterocycles. The zero-order valence-corrected chi connectivity index (χ0v) is 7.27. The van der Waals surface area contributed by atoms with Crippen molar-refractivity contribution in [2.75, 3.05) is 12.9 Å². The molecule has 0 amide bonds. The number of rotatable bonds is 0. The minimum absolute atomic E-state index is 1.07. The van der Waals surface area contributed by atoms with Crippen molar-refractivity contribution in [3.63, 3.8) is 0 Å². The van der Waals surface area contributed by atoms with Gasteiger partial charge in [0.25, 0.3) is 0 Å². The molecule has 0 unspecified atom stereocenters. The van der Waals surface area contributed by atoms with Crippen molar-refractivity contribution < 1.29 is 4.58 Å². The molecule has 1 nitrogen and oxygen atoms in total. The van der Waals surface area contributed by atoms with Crippen molar-refractivity contribution in [3.05, 3.63) is 29.8 Å². The predicted molar refractivity (Wildman–Crippen MR) is 48.5 cm³/mol. The van der Waals surface area contributed by atoms with Crippen molar-refractivity contribution in [3.8, 4) is 0 Å². The summed E-state index contributed by atoms with van der Waals surface area (Å²) in [5.74, 6) is 1.07. The van der Waals surface area contributed by atoms with Crippen molar-refractivity contribution in [2.45, 2.75) is 4.90 Å². The Morgan fingerprint density at radius 3 is 3.09 bits per heavy atom. The summed E-state index contributed by atoms with van der Waals surface area (Å²) in [6.45, 7) is 0. The minimum Gasteiger partial charge on any atom is -0.228 e. The van der Waals surface area contributed by atoms with Gasteiger partial charge in [-0.2, -0.15) is 0 Å². The van der Waals surface area contributed by atoms with Gasteiger partial charge >= 0.3 is 0 Å². The normalized spacial score (nSPS) is 15.5. The first-order valence-corrected chi connectivity index (χ1v) is 4.62. The van der Waals surface area contributed by atoms with Crippen LogP contribution in [0.15, 0.2) is 29.2 Å². The van der Waals surface area contributed by atoms with Crippen LogP contribution < -0.4 is 0 Å². The van der Waals surface area contributed by atoms with Gasteiger partial charge in [-0.25, -0.2) is 4.58 Å². The maximum atomic E-state index is 2.20. The molecule has 56 valence electrons. The Kier molecular flexibility index (Phi) is 1.70. The van der Waals surface area contributed by atoms with Crippen molar-refractivity contribution in [1.82, 2.24) is 0 Å². The lowest BCUT2D eigenvalue weighted by molar-refractivity contribution is -0.470. The number of hydrogen-bond acceptors (Lipinski definition) is 1. The third-order valence-electron chi connectivity index (χ3n) is 1.70. The van der Waals surface area contributed by atoms with E-state index >= 15 is 0 Å². The Morgan fingerprint density at radius 1 is 1.36 bits per heavy atom. The Bertz CT molecular complexity index is 304. The van der Waals surface area contributed by atoms with E-state index in [0.29, 0.717) is 0 Å². The number of thioether (sulfide) groups is 1. The second-order valence-electron chi connectivity index (χ2n) is 2.70. The number of nitrogens with zero attached hydrogens (tertiary/aromatic N) is 1. The average molecular weight is 164 g/mol. The first kappa shape index (κ1) is 6.92. The standard InChI is InChI=1S/C9H10NS/c1-10-6-8-4-2-3-5-9(8)11-7-10/h2-6H,7H2,1H3/q+1. The van der Waals surface area contributed by atoms with Gasteiger partial charge in [-0.3, -0.25) is 0 Å². The Hall–Kier alpha value is -0.760. The van der Waals surface area contributed by atoms with Crippen LogP contribution in [-0.4, -0.2) is 23.7 Å². The summed E-state index contributed by atoms with van der Waals surface area (Å²) in [5.41, 5.74) is 1.34. The van der Waals surface area contributed by atoms with Crippen molar-refractivity contribution >= 4 is 18.0 Å². The van der Waals surface area contributed by atoms with Gasteiger partial charge in [0.2, 0.25) is 0 Å². The summed E-state index contributed by atoms with van der Waals surface area (Å²) in [6, 6.07) is 8.49. The Morgan fingerprint density at radius 2 is 2.18 bits per heavy atom. The molecule has 1 aliphatic rings. The molecule has 0 aliphatic carbocycles. The van der Waals surface area contributed by atoms with Gasteiger partial charge in [0, 0.05) is 4.90 Å². The highest BCUT2D eigenvalue weighted by atomic mass is 32.2. The van der Waals surface area contributed by atoms with E-state index in [0.717, 1.165) is 5.88 Å². The SMILES string of the molecule is C[N+]1=Cc2ccccc2SC1. The summed E-state index contributed by atoms with van der Waals surface area (Å²) < 4.78 is 2.20. The van der Waals surface area contributed by atoms with E-state index in [-0.39, 0.29) is 0 Å². The smallest absolute Gasteiger partial charge is 0.193 e. The van der Waals surface area contributed by atoms with E-state index in [1.807, 2.05) is 11.8 Å². The van der Waals surface area contributed by atoms with Crippen LogP contribution in [0.1, 0.15) is 5.56 Å². The molecule has 0 radical (unpaired) electrons. The van der Waals surface area contributed by atoms with Gasteiger partial charge < -0.3 is 0 Å². The lowest BCUT2D eigenvalue weighted by Crippen LogP contribution is -2.11. The molecule has 1 aromatic carbocycles. The van der Waals surface area contributed by atoms with E-state index in [2.05, 4.69) is 42.1 Å². The second kappa shape index (κ2) is 2.70. The molecule has 0 spiro atoms. The van der Waals surface area contributed by atoms with Crippen LogP contribution in [0.5, 0.6) is 0 Å². The molecule has 2 heteroatoms. The summed E-state index contributed by atoms with van der Waals surface area (Å²) in [4.78, 5) is 1.39. The topological polar surface area (TPSA) is 3.01 Å². The van der Waals surface area contributed by atoms with Crippen LogP contribution in [0.3, 0.4) is 0 Å². The van der Waals surface area contributed by atoms with Gasteiger partial charge in [0.1, 0.15) is 7.05 Å². The lowest BCUT2D eigenvalue weighted by atomic mass is 10.2. The molecular weight excluding hydrogens is 154 g/mol. The molecule has 1 aromatic rings. The highest BCUT2D eigenvalue weighted by Gasteiger charge is 2.11. The second-order valence-corrected chi connectivity index (χ2v) is 3.68. The zero-order valence-electron chi connectivity index (χ0n) is 6.45. The molecule has 0 bridgehead atoms. The van der Waals surface area contributed by atoms with E-state index in [1.54, 1.807) is 0 Å². The summed E-state index contributed by atoms with van der Waals surface area (Å²) in [7, 11) is 2.10. The molecular formula is C9H10NS+. The highest BCUT2D eigenvalue weighted by Crippen LogP contribution is 2.23. The van der Waals surface area contributed by atoms with Gasteiger partial charge in [-0.15, -0.1) is 0 Å². The molecule has 1 heterocycles. The van der Waals surface area contributed by atoms with E-state index < -0.39 is 0 Å². The number of hydrogen-bond donors (Lipinski definition) is 0. The molecule has 1 aliphatic heterocycles. The first-order valence-electron chi connectivity index (χ1n) is 3.63. The van der Waals surface area contributed by atoms with Crippen LogP contribution in [-0.2, 0) is 0 Å². The summed E-state index contributed by atoms with van der Waals surface area (Å²) in [6.07, 6.45) is 2.19. The van der Waals surface area contributed by atoms with E-state index in [9.17, 15) is 0 Å². The molecule has 11 heavy (non-hydrogen) atoms. The van der Waals surface area contributed by atoms with Crippen LogP contribution in [0, 0.1) is 0 Å². The number of benzene rings is 1. The van der Waals surface area contributed by atoms with Crippen LogP contribution in [0.4, 0.5) is 0 Å². The third kappa shape index (κ3) is 1.31. The molecule has 0 atom stereocenters. The lowest BCUT2D eigenvalue weighted by Gasteiger charge is -2.07. The van der Waals surface area contributed by atoms with Crippen LogP contribution in [0.25, 0.3) is 0 Å². The molecule has 0 saturated carbocycles. The fourth-order valence-electron chi connectivity index (χ4n) is 1.16. The zero-order chi connectivity index (χ0) is 7.68. The van der Waals surface area contributed by atoms with Crippen LogP contribution in [0.2, 0.25) is 0 Å². The van der Waals surface area contributed by atoms with Crippen molar-refractivity contribution in [1.29, 1.82) is 0 Å². The Labute approximate surface area is 70.7 Å². The first-order chi connectivity index (χ1) is 5.36. The third-order valence-corrected chi connectivity index (χ3v) is 2.92. The molecule has 2 rings (SSSR count). The summed E-state index contributed by atoms with van der Waals surface area (Å²) >= 11 is 1.89. The molecule has 0 saturated heterocycles. The van der Waals surface area contributed by atoms with Crippen molar-refractivity contribution in [2.24, 2.45) is 0 Å². The fraction of sp³-hybridized carbons (Fsp3) is 0.222. The maximum absolute atomic E-state index is 2.20. The molecule has 0 fully saturated rings. The molecule has 0 N–H and O–H groups in total. The van der Waals surface area contributed by atoms with Gasteiger partial charge in [-0.05, 0) is 12.1 Å². The van der Waals surface area contributed by atoms with Gasteiger partial charge in [0.15, 0.2) is 12.1 Å². The van der Waals surface area contributed by atoms with E-state index in [4.69, 9.17) is 0 Å². The predicted octanol–water partition coefficient (Wildman–Crippen LogP) is 1.81. The quantitative estimate of drug-likeness (QED) is 0.528. The highest BCUT2D eigenvalue weighted by molar-refractivity contribution is 7.99. The van der Waals surface area contributed by atoms with E-state index in [1.165, 1.54) is 10.5 Å². The van der Waals surface area contributed by atoms with Crippen LogP contribution >= 0.6 is 11.8 Å².